The molecule has 1 rings (SSSR count). The largest absolute Gasteiger partial charge is 0.399 e. The molecule has 1 aromatic carbocycles. The standard InChI is InChI=1S/C11H13N3OS/c1-7-9(13)4-5-10(16-6-12)11(7)8(2)14-15-3/h4-5H,13H2,1-3H3. The fourth-order valence-electron chi connectivity index (χ4n) is 1.47. The fourth-order valence-corrected chi connectivity index (χ4v) is 2.11. The lowest BCUT2D eigenvalue weighted by Gasteiger charge is -2.11. The van der Waals surface area contributed by atoms with Crippen LogP contribution in [0.25, 0.3) is 0 Å². The number of thioether (sulfide) groups is 1. The van der Waals surface area contributed by atoms with Gasteiger partial charge in [-0.3, -0.25) is 0 Å². The van der Waals surface area contributed by atoms with Crippen LogP contribution in [-0.2, 0) is 4.84 Å². The van der Waals surface area contributed by atoms with E-state index in [9.17, 15) is 0 Å². The Hall–Kier alpha value is -1.67. The molecular weight excluding hydrogens is 222 g/mol. The molecule has 0 aliphatic rings. The first kappa shape index (κ1) is 12.4. The summed E-state index contributed by atoms with van der Waals surface area (Å²) < 4.78 is 0. The molecule has 0 spiro atoms. The minimum atomic E-state index is 0.683. The average molecular weight is 235 g/mol. The van der Waals surface area contributed by atoms with E-state index in [0.29, 0.717) is 11.4 Å². The number of hydrogen-bond donors (Lipinski definition) is 1. The first-order valence-corrected chi connectivity index (χ1v) is 5.46. The van der Waals surface area contributed by atoms with Gasteiger partial charge in [-0.15, -0.1) is 0 Å². The number of rotatable bonds is 3. The lowest BCUT2D eigenvalue weighted by molar-refractivity contribution is 0.213. The molecular formula is C11H13N3OS. The van der Waals surface area contributed by atoms with Crippen molar-refractivity contribution in [2.75, 3.05) is 12.8 Å². The van der Waals surface area contributed by atoms with Crippen molar-refractivity contribution < 1.29 is 4.84 Å². The highest BCUT2D eigenvalue weighted by Gasteiger charge is 2.12. The zero-order valence-corrected chi connectivity index (χ0v) is 10.3. The topological polar surface area (TPSA) is 71.4 Å². The minimum absolute atomic E-state index is 0.683. The number of hydrogen-bond acceptors (Lipinski definition) is 5. The molecule has 0 saturated carbocycles. The molecule has 0 unspecified atom stereocenters. The Balaban J connectivity index is 3.38. The van der Waals surface area contributed by atoms with Crippen molar-refractivity contribution in [2.45, 2.75) is 18.7 Å². The number of nitriles is 1. The molecule has 0 saturated heterocycles. The second-order valence-corrected chi connectivity index (χ2v) is 4.03. The van der Waals surface area contributed by atoms with Gasteiger partial charge in [-0.05, 0) is 43.3 Å². The normalized spacial score (nSPS) is 11.0. The van der Waals surface area contributed by atoms with E-state index >= 15 is 0 Å². The van der Waals surface area contributed by atoms with Gasteiger partial charge < -0.3 is 10.6 Å². The molecule has 5 heteroatoms. The molecule has 0 aliphatic heterocycles. The second-order valence-electron chi connectivity index (χ2n) is 3.21. The molecule has 2 N–H and O–H groups in total. The van der Waals surface area contributed by atoms with Crippen molar-refractivity contribution >= 4 is 23.2 Å². The Morgan fingerprint density at radius 2 is 2.25 bits per heavy atom. The number of oxime groups is 1. The molecule has 0 bridgehead atoms. The van der Waals surface area contributed by atoms with E-state index < -0.39 is 0 Å². The maximum absolute atomic E-state index is 8.73. The van der Waals surface area contributed by atoms with Gasteiger partial charge in [0, 0.05) is 16.1 Å². The molecule has 0 aliphatic carbocycles. The van der Waals surface area contributed by atoms with Gasteiger partial charge in [0.05, 0.1) is 5.71 Å². The van der Waals surface area contributed by atoms with Crippen LogP contribution in [0.2, 0.25) is 0 Å². The Morgan fingerprint density at radius 3 is 2.81 bits per heavy atom. The third-order valence-electron chi connectivity index (χ3n) is 2.21. The summed E-state index contributed by atoms with van der Waals surface area (Å²) in [5.74, 6) is 0. The number of nitrogens with zero attached hydrogens (tertiary/aromatic N) is 2. The van der Waals surface area contributed by atoms with Crippen LogP contribution in [0.1, 0.15) is 18.1 Å². The monoisotopic (exact) mass is 235 g/mol. The molecule has 84 valence electrons. The highest BCUT2D eigenvalue weighted by Crippen LogP contribution is 2.28. The third-order valence-corrected chi connectivity index (χ3v) is 2.87. The van der Waals surface area contributed by atoms with Crippen LogP contribution in [0.3, 0.4) is 0 Å². The molecule has 0 amide bonds. The fraction of sp³-hybridized carbons (Fsp3) is 0.273. The number of thiocyanates is 1. The zero-order valence-electron chi connectivity index (χ0n) is 9.44. The van der Waals surface area contributed by atoms with Crippen molar-refractivity contribution in [1.82, 2.24) is 0 Å². The predicted molar refractivity (Wildman–Crippen MR) is 66.3 cm³/mol. The molecule has 4 nitrogen and oxygen atoms in total. The Morgan fingerprint density at radius 1 is 1.56 bits per heavy atom. The summed E-state index contributed by atoms with van der Waals surface area (Å²) >= 11 is 1.09. The van der Waals surface area contributed by atoms with Crippen molar-refractivity contribution in [3.05, 3.63) is 23.3 Å². The van der Waals surface area contributed by atoms with Gasteiger partial charge in [-0.25, -0.2) is 0 Å². The summed E-state index contributed by atoms with van der Waals surface area (Å²) in [4.78, 5) is 5.58. The molecule has 1 aromatic rings. The highest BCUT2D eigenvalue weighted by atomic mass is 32.2. The SMILES string of the molecule is CON=C(C)c1c(SC#N)ccc(N)c1C. The Kier molecular flexibility index (Phi) is 4.20. The van der Waals surface area contributed by atoms with E-state index in [-0.39, 0.29) is 0 Å². The summed E-state index contributed by atoms with van der Waals surface area (Å²) in [6.45, 7) is 3.73. The molecule has 0 radical (unpaired) electrons. The summed E-state index contributed by atoms with van der Waals surface area (Å²) in [5.41, 5.74) is 9.01. The minimum Gasteiger partial charge on any atom is -0.399 e. The summed E-state index contributed by atoms with van der Waals surface area (Å²) in [7, 11) is 1.49. The van der Waals surface area contributed by atoms with E-state index in [0.717, 1.165) is 27.8 Å². The van der Waals surface area contributed by atoms with Gasteiger partial charge in [0.15, 0.2) is 0 Å². The van der Waals surface area contributed by atoms with Gasteiger partial charge in [0.1, 0.15) is 12.5 Å². The van der Waals surface area contributed by atoms with E-state index in [1.807, 2.05) is 25.3 Å². The number of nitrogens with two attached hydrogens (primary N) is 1. The van der Waals surface area contributed by atoms with Gasteiger partial charge in [-0.1, -0.05) is 5.16 Å². The van der Waals surface area contributed by atoms with Crippen LogP contribution in [-0.4, -0.2) is 12.8 Å². The van der Waals surface area contributed by atoms with Gasteiger partial charge in [-0.2, -0.15) is 5.26 Å². The van der Waals surface area contributed by atoms with Gasteiger partial charge in [0.25, 0.3) is 0 Å². The lowest BCUT2D eigenvalue weighted by Crippen LogP contribution is -2.04. The Bertz CT molecular complexity index is 463. The Labute approximate surface area is 99.1 Å². The average Bonchev–Trinajstić information content (AvgIpc) is 2.24. The van der Waals surface area contributed by atoms with Crippen LogP contribution in [0.5, 0.6) is 0 Å². The highest BCUT2D eigenvalue weighted by molar-refractivity contribution is 8.03. The number of benzene rings is 1. The van der Waals surface area contributed by atoms with Gasteiger partial charge in [0.2, 0.25) is 0 Å². The van der Waals surface area contributed by atoms with Crippen molar-refractivity contribution in [2.24, 2.45) is 5.16 Å². The van der Waals surface area contributed by atoms with Crippen LogP contribution in [0.4, 0.5) is 5.69 Å². The van der Waals surface area contributed by atoms with Crippen LogP contribution in [0, 0.1) is 17.6 Å². The maximum atomic E-state index is 8.73. The first-order valence-electron chi connectivity index (χ1n) is 4.65. The summed E-state index contributed by atoms with van der Waals surface area (Å²) in [5, 5.41) is 14.7. The van der Waals surface area contributed by atoms with Crippen LogP contribution < -0.4 is 5.73 Å². The van der Waals surface area contributed by atoms with Gasteiger partial charge >= 0.3 is 0 Å². The van der Waals surface area contributed by atoms with Crippen LogP contribution >= 0.6 is 11.8 Å². The molecule has 0 heterocycles. The summed E-state index contributed by atoms with van der Waals surface area (Å²) in [6, 6.07) is 3.61. The maximum Gasteiger partial charge on any atom is 0.138 e. The van der Waals surface area contributed by atoms with E-state index in [4.69, 9.17) is 15.8 Å². The lowest BCUT2D eigenvalue weighted by atomic mass is 10.0. The van der Waals surface area contributed by atoms with Crippen molar-refractivity contribution in [3.8, 4) is 5.40 Å². The molecule has 0 fully saturated rings. The number of nitrogen functional groups attached to an aromatic ring is 1. The molecule has 0 aromatic heterocycles. The number of anilines is 1. The van der Waals surface area contributed by atoms with Crippen LogP contribution in [0.15, 0.2) is 22.2 Å². The summed E-state index contributed by atoms with van der Waals surface area (Å²) in [6.07, 6.45) is 0. The molecule has 0 atom stereocenters. The quantitative estimate of drug-likeness (QED) is 0.287. The van der Waals surface area contributed by atoms with Crippen molar-refractivity contribution in [1.29, 1.82) is 5.26 Å². The molecule has 16 heavy (non-hydrogen) atoms. The first-order chi connectivity index (χ1) is 7.61. The predicted octanol–water partition coefficient (Wildman–Crippen LogP) is 2.52. The van der Waals surface area contributed by atoms with Crippen molar-refractivity contribution in [3.63, 3.8) is 0 Å². The second kappa shape index (κ2) is 5.42. The zero-order chi connectivity index (χ0) is 12.1. The van der Waals surface area contributed by atoms with E-state index in [2.05, 4.69) is 5.16 Å². The van der Waals surface area contributed by atoms with E-state index in [1.165, 1.54) is 7.11 Å². The smallest absolute Gasteiger partial charge is 0.138 e. The van der Waals surface area contributed by atoms with E-state index in [1.54, 1.807) is 6.07 Å². The third kappa shape index (κ3) is 2.47.